The van der Waals surface area contributed by atoms with Gasteiger partial charge >= 0.3 is 0 Å². The van der Waals surface area contributed by atoms with Crippen molar-refractivity contribution in [3.8, 4) is 11.1 Å². The molecule has 3 aromatic rings. The van der Waals surface area contributed by atoms with Gasteiger partial charge in [0.25, 0.3) is 15.9 Å². The molecule has 28 heavy (non-hydrogen) atoms. The fourth-order valence-corrected chi connectivity index (χ4v) is 3.55. The van der Waals surface area contributed by atoms with Gasteiger partial charge in [-0.1, -0.05) is 41.9 Å². The Morgan fingerprint density at radius 1 is 0.964 bits per heavy atom. The number of hydrazine groups is 1. The van der Waals surface area contributed by atoms with E-state index in [1.165, 1.54) is 37.3 Å². The van der Waals surface area contributed by atoms with Gasteiger partial charge in [-0.15, -0.1) is 4.83 Å². The molecule has 0 aliphatic carbocycles. The van der Waals surface area contributed by atoms with Crippen LogP contribution in [-0.4, -0.2) is 14.3 Å². The maximum atomic E-state index is 14.5. The predicted molar refractivity (Wildman–Crippen MR) is 106 cm³/mol. The number of benzene rings is 3. The van der Waals surface area contributed by atoms with Gasteiger partial charge in [0.2, 0.25) is 0 Å². The van der Waals surface area contributed by atoms with Crippen molar-refractivity contribution in [1.29, 1.82) is 0 Å². The van der Waals surface area contributed by atoms with Crippen molar-refractivity contribution in [3.63, 3.8) is 0 Å². The number of hydrogen-bond acceptors (Lipinski definition) is 3. The molecule has 0 saturated carbocycles. The van der Waals surface area contributed by atoms with Crippen molar-refractivity contribution in [2.75, 3.05) is 0 Å². The summed E-state index contributed by atoms with van der Waals surface area (Å²) in [5.74, 6) is -1.63. The molecule has 0 unspecified atom stereocenters. The van der Waals surface area contributed by atoms with E-state index >= 15 is 0 Å². The van der Waals surface area contributed by atoms with Crippen LogP contribution in [0.1, 0.15) is 15.9 Å². The van der Waals surface area contributed by atoms with Crippen LogP contribution >= 0.6 is 11.6 Å². The summed E-state index contributed by atoms with van der Waals surface area (Å²) in [4.78, 5) is 14.3. The van der Waals surface area contributed by atoms with Gasteiger partial charge in [0.05, 0.1) is 10.5 Å². The maximum absolute atomic E-state index is 14.5. The van der Waals surface area contributed by atoms with Crippen molar-refractivity contribution >= 4 is 27.5 Å². The molecule has 2 N–H and O–H groups in total. The standard InChI is InChI=1S/C20H16ClFN2O3S/c1-13-11-15(14-5-3-2-4-6-14)12-18(19(13)22)20(25)23-24-28(26,27)17-9-7-16(21)8-10-17/h2-12,24H,1H3,(H,23,25). The van der Waals surface area contributed by atoms with Crippen molar-refractivity contribution in [2.24, 2.45) is 0 Å². The summed E-state index contributed by atoms with van der Waals surface area (Å²) in [7, 11) is -4.03. The van der Waals surface area contributed by atoms with Crippen molar-refractivity contribution < 1.29 is 17.6 Å². The number of sulfonamides is 1. The van der Waals surface area contributed by atoms with Crippen LogP contribution in [0.5, 0.6) is 0 Å². The van der Waals surface area contributed by atoms with Crippen LogP contribution in [0, 0.1) is 12.7 Å². The second kappa shape index (κ2) is 8.10. The highest BCUT2D eigenvalue weighted by Gasteiger charge is 2.19. The summed E-state index contributed by atoms with van der Waals surface area (Å²) < 4.78 is 39.0. The Balaban J connectivity index is 1.84. The fourth-order valence-electron chi connectivity index (χ4n) is 2.59. The normalized spacial score (nSPS) is 11.2. The first kappa shape index (κ1) is 20.0. The number of aryl methyl sites for hydroxylation is 1. The number of amides is 1. The second-order valence-corrected chi connectivity index (χ2v) is 8.15. The zero-order chi connectivity index (χ0) is 20.3. The molecule has 5 nitrogen and oxygen atoms in total. The number of carbonyl (C=O) groups is 1. The summed E-state index contributed by atoms with van der Waals surface area (Å²) in [6.45, 7) is 1.54. The Morgan fingerprint density at radius 2 is 1.61 bits per heavy atom. The molecule has 0 fully saturated rings. The summed E-state index contributed by atoms with van der Waals surface area (Å²) in [5, 5.41) is 0.373. The number of halogens is 2. The number of rotatable bonds is 5. The smallest absolute Gasteiger partial charge is 0.269 e. The van der Waals surface area contributed by atoms with Crippen LogP contribution in [0.2, 0.25) is 5.02 Å². The third kappa shape index (κ3) is 4.39. The van der Waals surface area contributed by atoms with Crippen molar-refractivity contribution in [1.82, 2.24) is 10.3 Å². The molecule has 0 bridgehead atoms. The molecule has 0 radical (unpaired) electrons. The van der Waals surface area contributed by atoms with E-state index in [9.17, 15) is 17.6 Å². The van der Waals surface area contributed by atoms with Crippen molar-refractivity contribution in [3.05, 3.63) is 88.7 Å². The van der Waals surface area contributed by atoms with E-state index in [-0.39, 0.29) is 16.0 Å². The fraction of sp³-hybridized carbons (Fsp3) is 0.0500. The van der Waals surface area contributed by atoms with Crippen LogP contribution < -0.4 is 10.3 Å². The van der Waals surface area contributed by atoms with Crippen LogP contribution in [0.3, 0.4) is 0 Å². The largest absolute Gasteiger partial charge is 0.273 e. The first-order valence-corrected chi connectivity index (χ1v) is 10.1. The van der Waals surface area contributed by atoms with Gasteiger partial charge in [0.1, 0.15) is 5.82 Å². The van der Waals surface area contributed by atoms with Gasteiger partial charge in [0, 0.05) is 5.02 Å². The van der Waals surface area contributed by atoms with Crippen molar-refractivity contribution in [2.45, 2.75) is 11.8 Å². The first-order chi connectivity index (χ1) is 13.3. The highest BCUT2D eigenvalue weighted by molar-refractivity contribution is 7.89. The highest BCUT2D eigenvalue weighted by atomic mass is 35.5. The Bertz CT molecular complexity index is 1120. The molecule has 0 heterocycles. The van der Waals surface area contributed by atoms with E-state index in [4.69, 9.17) is 11.6 Å². The zero-order valence-electron chi connectivity index (χ0n) is 14.7. The van der Waals surface area contributed by atoms with Gasteiger partial charge in [0.15, 0.2) is 0 Å². The van der Waals surface area contributed by atoms with Gasteiger partial charge in [-0.25, -0.2) is 12.8 Å². The molecule has 0 atom stereocenters. The SMILES string of the molecule is Cc1cc(-c2ccccc2)cc(C(=O)NNS(=O)(=O)c2ccc(Cl)cc2)c1F. The zero-order valence-corrected chi connectivity index (χ0v) is 16.3. The van der Waals surface area contributed by atoms with E-state index < -0.39 is 21.7 Å². The Morgan fingerprint density at radius 3 is 2.25 bits per heavy atom. The van der Waals surface area contributed by atoms with Gasteiger partial charge in [-0.3, -0.25) is 10.2 Å². The minimum atomic E-state index is -4.03. The summed E-state index contributed by atoms with van der Waals surface area (Å²) in [5.41, 5.74) is 3.50. The Labute approximate surface area is 167 Å². The number of nitrogens with one attached hydrogen (secondary N) is 2. The topological polar surface area (TPSA) is 75.3 Å². The maximum Gasteiger partial charge on any atom is 0.269 e. The predicted octanol–water partition coefficient (Wildman–Crippen LogP) is 4.08. The number of carbonyl (C=O) groups excluding carboxylic acids is 1. The molecule has 144 valence electrons. The summed E-state index contributed by atoms with van der Waals surface area (Å²) in [6.07, 6.45) is 0. The van der Waals surface area contributed by atoms with E-state index in [1.54, 1.807) is 6.07 Å². The monoisotopic (exact) mass is 418 g/mol. The van der Waals surface area contributed by atoms with E-state index in [0.29, 0.717) is 10.6 Å². The third-order valence-electron chi connectivity index (χ3n) is 4.03. The molecule has 0 aliphatic heterocycles. The average molecular weight is 419 g/mol. The Kier molecular flexibility index (Phi) is 5.79. The molecule has 0 saturated heterocycles. The minimum Gasteiger partial charge on any atom is -0.273 e. The lowest BCUT2D eigenvalue weighted by atomic mass is 9.99. The van der Waals surface area contributed by atoms with Crippen LogP contribution in [0.4, 0.5) is 4.39 Å². The summed E-state index contributed by atoms with van der Waals surface area (Å²) >= 11 is 5.74. The molecule has 1 amide bonds. The lowest BCUT2D eigenvalue weighted by Crippen LogP contribution is -2.41. The van der Waals surface area contributed by atoms with Crippen LogP contribution in [0.15, 0.2) is 71.6 Å². The van der Waals surface area contributed by atoms with Gasteiger partial charge in [-0.2, -0.15) is 0 Å². The molecule has 0 spiro atoms. The molecule has 0 aromatic heterocycles. The molecule has 3 rings (SSSR count). The molecule has 0 aliphatic rings. The molecule has 8 heteroatoms. The molecule has 3 aromatic carbocycles. The Hall–Kier alpha value is -2.74. The second-order valence-electron chi connectivity index (χ2n) is 6.03. The van der Waals surface area contributed by atoms with Gasteiger partial charge in [-0.05, 0) is 60.0 Å². The molecular weight excluding hydrogens is 403 g/mol. The lowest BCUT2D eigenvalue weighted by Gasteiger charge is -2.12. The third-order valence-corrected chi connectivity index (χ3v) is 5.54. The number of hydrogen-bond donors (Lipinski definition) is 2. The lowest BCUT2D eigenvalue weighted by molar-refractivity contribution is 0.0941. The first-order valence-electron chi connectivity index (χ1n) is 8.21. The minimum absolute atomic E-state index is 0.0908. The van der Waals surface area contributed by atoms with Crippen LogP contribution in [0.25, 0.3) is 11.1 Å². The van der Waals surface area contributed by atoms with E-state index in [0.717, 1.165) is 5.56 Å². The summed E-state index contributed by atoms with van der Waals surface area (Å²) in [6, 6.07) is 17.6. The van der Waals surface area contributed by atoms with Crippen LogP contribution in [-0.2, 0) is 10.0 Å². The quantitative estimate of drug-likeness (QED) is 0.613. The van der Waals surface area contributed by atoms with Gasteiger partial charge < -0.3 is 0 Å². The van der Waals surface area contributed by atoms with E-state index in [2.05, 4.69) is 0 Å². The average Bonchev–Trinajstić information content (AvgIpc) is 2.69. The highest BCUT2D eigenvalue weighted by Crippen LogP contribution is 2.24. The molecular formula is C20H16ClFN2O3S. The van der Waals surface area contributed by atoms with E-state index in [1.807, 2.05) is 40.6 Å².